The molecule has 1 nitrogen and oxygen atoms in total. The van der Waals surface area contributed by atoms with E-state index < -0.39 is 0 Å². The smallest absolute Gasteiger partial charge is 0.0692 e. The lowest BCUT2D eigenvalue weighted by atomic mass is 9.92. The third-order valence-corrected chi connectivity index (χ3v) is 4.01. The lowest BCUT2D eigenvalue weighted by Gasteiger charge is -2.36. The van der Waals surface area contributed by atoms with Crippen LogP contribution in [-0.4, -0.2) is 16.1 Å². The van der Waals surface area contributed by atoms with Crippen molar-refractivity contribution >= 4 is 22.6 Å². The Kier molecular flexibility index (Phi) is 2.42. The van der Waals surface area contributed by atoms with E-state index in [-0.39, 0.29) is 0 Å². The molecule has 2 heteroatoms. The van der Waals surface area contributed by atoms with Crippen LogP contribution >= 0.6 is 22.6 Å². The molecule has 0 bridgehead atoms. The molecule has 1 aliphatic carbocycles. The Balaban J connectivity index is 2.00. The van der Waals surface area contributed by atoms with Crippen LogP contribution in [0, 0.1) is 0 Å². The van der Waals surface area contributed by atoms with E-state index in [0.29, 0.717) is 5.60 Å². The SMILES string of the molecule is I[C@H]1CCOC2(CCCC2)C1. The zero-order chi connectivity index (χ0) is 7.73. The molecule has 0 aromatic carbocycles. The van der Waals surface area contributed by atoms with E-state index in [0.717, 1.165) is 10.5 Å². The molecular weight excluding hydrogens is 251 g/mol. The Morgan fingerprint density at radius 3 is 2.64 bits per heavy atom. The van der Waals surface area contributed by atoms with Crippen LogP contribution in [0.3, 0.4) is 0 Å². The van der Waals surface area contributed by atoms with Crippen molar-refractivity contribution in [1.29, 1.82) is 0 Å². The van der Waals surface area contributed by atoms with Crippen molar-refractivity contribution in [2.45, 2.75) is 48.1 Å². The molecule has 64 valence electrons. The number of ether oxygens (including phenoxy) is 1. The van der Waals surface area contributed by atoms with Gasteiger partial charge in [0.25, 0.3) is 0 Å². The fraction of sp³-hybridized carbons (Fsp3) is 1.00. The largest absolute Gasteiger partial charge is 0.375 e. The second-order valence-electron chi connectivity index (χ2n) is 3.83. The van der Waals surface area contributed by atoms with Crippen molar-refractivity contribution in [2.75, 3.05) is 6.61 Å². The second kappa shape index (κ2) is 3.21. The summed E-state index contributed by atoms with van der Waals surface area (Å²) in [6, 6.07) is 0. The minimum atomic E-state index is 0.337. The van der Waals surface area contributed by atoms with Crippen LogP contribution in [-0.2, 0) is 4.74 Å². The third-order valence-electron chi connectivity index (χ3n) is 2.95. The van der Waals surface area contributed by atoms with E-state index in [4.69, 9.17) is 4.74 Å². The van der Waals surface area contributed by atoms with Gasteiger partial charge in [-0.3, -0.25) is 0 Å². The Morgan fingerprint density at radius 2 is 2.00 bits per heavy atom. The molecule has 1 heterocycles. The summed E-state index contributed by atoms with van der Waals surface area (Å²) < 4.78 is 6.77. The van der Waals surface area contributed by atoms with Crippen molar-refractivity contribution < 1.29 is 4.74 Å². The van der Waals surface area contributed by atoms with E-state index in [9.17, 15) is 0 Å². The van der Waals surface area contributed by atoms with Crippen molar-refractivity contribution in [1.82, 2.24) is 0 Å². The summed E-state index contributed by atoms with van der Waals surface area (Å²) >= 11 is 2.58. The highest BCUT2D eigenvalue weighted by atomic mass is 127. The van der Waals surface area contributed by atoms with Crippen LogP contribution in [0.25, 0.3) is 0 Å². The topological polar surface area (TPSA) is 9.23 Å². The van der Waals surface area contributed by atoms with Crippen molar-refractivity contribution in [3.63, 3.8) is 0 Å². The van der Waals surface area contributed by atoms with Crippen molar-refractivity contribution in [2.24, 2.45) is 0 Å². The summed E-state index contributed by atoms with van der Waals surface area (Å²) in [7, 11) is 0. The predicted molar refractivity (Wildman–Crippen MR) is 54.2 cm³/mol. The van der Waals surface area contributed by atoms with Gasteiger partial charge < -0.3 is 4.74 Å². The zero-order valence-electron chi connectivity index (χ0n) is 6.81. The van der Waals surface area contributed by atoms with Crippen LogP contribution in [0.15, 0.2) is 0 Å². The molecule has 1 saturated heterocycles. The standard InChI is InChI=1S/C9H15IO/c10-8-3-6-11-9(7-8)4-1-2-5-9/h8H,1-7H2/t8-/m0/s1. The van der Waals surface area contributed by atoms with Crippen LogP contribution in [0.1, 0.15) is 38.5 Å². The van der Waals surface area contributed by atoms with Gasteiger partial charge >= 0.3 is 0 Å². The molecule has 0 radical (unpaired) electrons. The fourth-order valence-electron chi connectivity index (χ4n) is 2.34. The van der Waals surface area contributed by atoms with E-state index in [1.807, 2.05) is 0 Å². The summed E-state index contributed by atoms with van der Waals surface area (Å²) in [5, 5.41) is 0. The van der Waals surface area contributed by atoms with Gasteiger partial charge in [0.1, 0.15) is 0 Å². The normalized spacial score (nSPS) is 36.3. The summed E-state index contributed by atoms with van der Waals surface area (Å²) in [5.41, 5.74) is 0.337. The Labute approximate surface area is 82.0 Å². The number of hydrogen-bond acceptors (Lipinski definition) is 1. The quantitative estimate of drug-likeness (QED) is 0.484. The molecule has 1 atom stereocenters. The molecule has 1 saturated carbocycles. The Bertz CT molecular complexity index is 140. The molecule has 11 heavy (non-hydrogen) atoms. The van der Waals surface area contributed by atoms with Gasteiger partial charge in [0.05, 0.1) is 5.60 Å². The molecule has 2 fully saturated rings. The van der Waals surface area contributed by atoms with Gasteiger partial charge in [-0.05, 0) is 25.7 Å². The first-order chi connectivity index (χ1) is 5.31. The van der Waals surface area contributed by atoms with Crippen LogP contribution in [0.5, 0.6) is 0 Å². The monoisotopic (exact) mass is 266 g/mol. The summed E-state index contributed by atoms with van der Waals surface area (Å²) in [4.78, 5) is 0. The van der Waals surface area contributed by atoms with Gasteiger partial charge in [-0.15, -0.1) is 0 Å². The lowest BCUT2D eigenvalue weighted by molar-refractivity contribution is -0.0687. The first kappa shape index (κ1) is 8.30. The maximum Gasteiger partial charge on any atom is 0.0692 e. The molecule has 1 aliphatic heterocycles. The summed E-state index contributed by atoms with van der Waals surface area (Å²) in [6.45, 7) is 1.01. The average Bonchev–Trinajstić information content (AvgIpc) is 2.37. The summed E-state index contributed by atoms with van der Waals surface area (Å²) in [5.74, 6) is 0. The number of hydrogen-bond donors (Lipinski definition) is 0. The highest BCUT2D eigenvalue weighted by Crippen LogP contribution is 2.41. The number of alkyl halides is 1. The number of rotatable bonds is 0. The minimum absolute atomic E-state index is 0.337. The second-order valence-corrected chi connectivity index (χ2v) is 5.59. The molecule has 2 rings (SSSR count). The lowest BCUT2D eigenvalue weighted by Crippen LogP contribution is -2.37. The van der Waals surface area contributed by atoms with Gasteiger partial charge in [-0.25, -0.2) is 0 Å². The maximum absolute atomic E-state index is 5.89. The van der Waals surface area contributed by atoms with Gasteiger partial charge in [-0.1, -0.05) is 35.4 Å². The Hall–Kier alpha value is 0.690. The third kappa shape index (κ3) is 1.72. The van der Waals surface area contributed by atoms with Gasteiger partial charge in [0.2, 0.25) is 0 Å². The van der Waals surface area contributed by atoms with Gasteiger partial charge in [-0.2, -0.15) is 0 Å². The first-order valence-corrected chi connectivity index (χ1v) is 5.83. The van der Waals surface area contributed by atoms with Crippen molar-refractivity contribution in [3.8, 4) is 0 Å². The first-order valence-electron chi connectivity index (χ1n) is 4.59. The van der Waals surface area contributed by atoms with Gasteiger partial charge in [0, 0.05) is 10.5 Å². The number of halogens is 1. The Morgan fingerprint density at radius 1 is 1.27 bits per heavy atom. The van der Waals surface area contributed by atoms with Crippen LogP contribution < -0.4 is 0 Å². The molecule has 0 unspecified atom stereocenters. The van der Waals surface area contributed by atoms with Crippen molar-refractivity contribution in [3.05, 3.63) is 0 Å². The molecule has 0 aromatic heterocycles. The molecule has 0 N–H and O–H groups in total. The summed E-state index contributed by atoms with van der Waals surface area (Å²) in [6.07, 6.45) is 8.02. The molecule has 0 amide bonds. The zero-order valence-corrected chi connectivity index (χ0v) is 8.97. The maximum atomic E-state index is 5.89. The molecule has 2 aliphatic rings. The van der Waals surface area contributed by atoms with E-state index >= 15 is 0 Å². The average molecular weight is 266 g/mol. The molecule has 1 spiro atoms. The predicted octanol–water partition coefficient (Wildman–Crippen LogP) is 2.91. The highest BCUT2D eigenvalue weighted by molar-refractivity contribution is 14.1. The van der Waals surface area contributed by atoms with E-state index in [1.165, 1.54) is 38.5 Å². The molecular formula is C9H15IO. The van der Waals surface area contributed by atoms with Crippen LogP contribution in [0.4, 0.5) is 0 Å². The van der Waals surface area contributed by atoms with Crippen LogP contribution in [0.2, 0.25) is 0 Å². The van der Waals surface area contributed by atoms with E-state index in [2.05, 4.69) is 22.6 Å². The fourth-order valence-corrected chi connectivity index (χ4v) is 3.39. The molecule has 0 aromatic rings. The highest BCUT2D eigenvalue weighted by Gasteiger charge is 2.38. The minimum Gasteiger partial charge on any atom is -0.375 e. The van der Waals surface area contributed by atoms with Gasteiger partial charge in [0.15, 0.2) is 0 Å². The van der Waals surface area contributed by atoms with E-state index in [1.54, 1.807) is 0 Å².